The zero-order valence-corrected chi connectivity index (χ0v) is 8.41. The molecule has 0 heterocycles. The molecular formula is C9H19NS. The van der Waals surface area contributed by atoms with Crippen molar-refractivity contribution in [3.63, 3.8) is 0 Å². The number of hydrogen-bond acceptors (Lipinski definition) is 2. The molecule has 2 unspecified atom stereocenters. The van der Waals surface area contributed by atoms with Crippen molar-refractivity contribution >= 4 is 11.8 Å². The van der Waals surface area contributed by atoms with Gasteiger partial charge in [-0.3, -0.25) is 0 Å². The fraction of sp³-hybridized carbons (Fsp3) is 1.00. The molecule has 0 radical (unpaired) electrons. The molecule has 2 heteroatoms. The van der Waals surface area contributed by atoms with E-state index in [4.69, 9.17) is 0 Å². The Morgan fingerprint density at radius 3 is 2.82 bits per heavy atom. The highest BCUT2D eigenvalue weighted by atomic mass is 32.2. The van der Waals surface area contributed by atoms with Crippen molar-refractivity contribution in [3.8, 4) is 0 Å². The van der Waals surface area contributed by atoms with Crippen molar-refractivity contribution in [2.75, 3.05) is 18.1 Å². The van der Waals surface area contributed by atoms with Crippen molar-refractivity contribution in [3.05, 3.63) is 0 Å². The van der Waals surface area contributed by atoms with Crippen LogP contribution in [0, 0.1) is 5.92 Å². The lowest BCUT2D eigenvalue weighted by molar-refractivity contribution is 0.647. The lowest BCUT2D eigenvalue weighted by Gasteiger charge is -2.01. The van der Waals surface area contributed by atoms with E-state index in [0.29, 0.717) is 0 Å². The second-order valence-electron chi connectivity index (χ2n) is 3.16. The van der Waals surface area contributed by atoms with Gasteiger partial charge in [0.05, 0.1) is 0 Å². The van der Waals surface area contributed by atoms with Gasteiger partial charge in [0.1, 0.15) is 0 Å². The van der Waals surface area contributed by atoms with Gasteiger partial charge in [-0.1, -0.05) is 20.3 Å². The smallest absolute Gasteiger partial charge is 0.00993 e. The topological polar surface area (TPSA) is 12.0 Å². The van der Waals surface area contributed by atoms with Crippen molar-refractivity contribution in [2.24, 2.45) is 5.92 Å². The summed E-state index contributed by atoms with van der Waals surface area (Å²) in [6.07, 6.45) is 2.78. The zero-order chi connectivity index (χ0) is 8.10. The van der Waals surface area contributed by atoms with Crippen LogP contribution in [0.4, 0.5) is 0 Å². The van der Waals surface area contributed by atoms with E-state index in [0.717, 1.165) is 12.0 Å². The van der Waals surface area contributed by atoms with Crippen LogP contribution in [-0.4, -0.2) is 24.1 Å². The average molecular weight is 173 g/mol. The number of hydrogen-bond donors (Lipinski definition) is 1. The molecule has 0 amide bonds. The Morgan fingerprint density at radius 1 is 1.45 bits per heavy atom. The maximum Gasteiger partial charge on any atom is 0.00993 e. The minimum Gasteiger partial charge on any atom is -0.313 e. The molecule has 0 aliphatic heterocycles. The second kappa shape index (κ2) is 5.04. The fourth-order valence-corrected chi connectivity index (χ4v) is 1.96. The van der Waals surface area contributed by atoms with Crippen molar-refractivity contribution in [1.29, 1.82) is 0 Å². The Kier molecular flexibility index (Phi) is 4.31. The van der Waals surface area contributed by atoms with Gasteiger partial charge in [0, 0.05) is 18.3 Å². The minimum atomic E-state index is 0.873. The Labute approximate surface area is 74.3 Å². The normalized spacial score (nSPS) is 28.9. The largest absolute Gasteiger partial charge is 0.313 e. The van der Waals surface area contributed by atoms with Crippen molar-refractivity contribution in [2.45, 2.75) is 32.7 Å². The molecule has 1 saturated carbocycles. The number of thioether (sulfide) groups is 1. The second-order valence-corrected chi connectivity index (χ2v) is 4.56. The third-order valence-electron chi connectivity index (χ3n) is 2.30. The molecule has 0 saturated heterocycles. The van der Waals surface area contributed by atoms with Gasteiger partial charge in [-0.2, -0.15) is 11.8 Å². The average Bonchev–Trinajstić information content (AvgIpc) is 2.77. The van der Waals surface area contributed by atoms with E-state index in [1.54, 1.807) is 0 Å². The van der Waals surface area contributed by atoms with E-state index < -0.39 is 0 Å². The van der Waals surface area contributed by atoms with E-state index in [-0.39, 0.29) is 0 Å². The first kappa shape index (κ1) is 9.40. The van der Waals surface area contributed by atoms with E-state index in [2.05, 4.69) is 19.2 Å². The van der Waals surface area contributed by atoms with E-state index in [1.165, 1.54) is 30.9 Å². The van der Waals surface area contributed by atoms with Gasteiger partial charge in [-0.05, 0) is 18.1 Å². The van der Waals surface area contributed by atoms with Gasteiger partial charge in [0.2, 0.25) is 0 Å². The summed E-state index contributed by atoms with van der Waals surface area (Å²) in [4.78, 5) is 0. The highest BCUT2D eigenvalue weighted by molar-refractivity contribution is 7.99. The summed E-state index contributed by atoms with van der Waals surface area (Å²) in [5, 5.41) is 3.57. The first-order valence-corrected chi connectivity index (χ1v) is 5.85. The van der Waals surface area contributed by atoms with Crippen LogP contribution < -0.4 is 5.32 Å². The lowest BCUT2D eigenvalue weighted by Crippen LogP contribution is -2.21. The third kappa shape index (κ3) is 3.48. The molecule has 2 atom stereocenters. The Balaban J connectivity index is 1.82. The predicted molar refractivity (Wildman–Crippen MR) is 53.2 cm³/mol. The minimum absolute atomic E-state index is 0.873. The molecule has 1 N–H and O–H groups in total. The molecule has 0 aromatic carbocycles. The van der Waals surface area contributed by atoms with Crippen LogP contribution in [0.2, 0.25) is 0 Å². The Morgan fingerprint density at radius 2 is 2.27 bits per heavy atom. The van der Waals surface area contributed by atoms with Gasteiger partial charge < -0.3 is 5.32 Å². The quantitative estimate of drug-likeness (QED) is 0.618. The highest BCUT2D eigenvalue weighted by Crippen LogP contribution is 2.32. The van der Waals surface area contributed by atoms with Crippen LogP contribution >= 0.6 is 11.8 Å². The van der Waals surface area contributed by atoms with Crippen molar-refractivity contribution < 1.29 is 0 Å². The standard InChI is InChI=1S/C9H19NS/c1-3-8-7-9(8)10-5-6-11-4-2/h8-10H,3-7H2,1-2H3. The van der Waals surface area contributed by atoms with E-state index in [1.807, 2.05) is 11.8 Å². The molecule has 1 aliphatic rings. The van der Waals surface area contributed by atoms with Crippen molar-refractivity contribution in [1.82, 2.24) is 5.32 Å². The van der Waals surface area contributed by atoms with E-state index in [9.17, 15) is 0 Å². The third-order valence-corrected chi connectivity index (χ3v) is 3.21. The maximum absolute atomic E-state index is 3.57. The summed E-state index contributed by atoms with van der Waals surface area (Å²) in [6.45, 7) is 5.71. The van der Waals surface area contributed by atoms with Crippen LogP contribution in [0.5, 0.6) is 0 Å². The summed E-state index contributed by atoms with van der Waals surface area (Å²) in [6, 6.07) is 0.873. The van der Waals surface area contributed by atoms with Gasteiger partial charge in [0.15, 0.2) is 0 Å². The van der Waals surface area contributed by atoms with Crippen LogP contribution in [0.25, 0.3) is 0 Å². The number of nitrogens with one attached hydrogen (secondary N) is 1. The maximum atomic E-state index is 3.57. The SMILES string of the molecule is CCSCCNC1CC1CC. The molecular weight excluding hydrogens is 154 g/mol. The summed E-state index contributed by atoms with van der Waals surface area (Å²) >= 11 is 2.02. The molecule has 0 aromatic heterocycles. The van der Waals surface area contributed by atoms with Crippen LogP contribution in [0.1, 0.15) is 26.7 Å². The first-order valence-electron chi connectivity index (χ1n) is 4.69. The Bertz CT molecular complexity index is 106. The number of rotatable bonds is 6. The summed E-state index contributed by atoms with van der Waals surface area (Å²) in [5.41, 5.74) is 0. The molecule has 0 aromatic rings. The van der Waals surface area contributed by atoms with Gasteiger partial charge in [-0.25, -0.2) is 0 Å². The van der Waals surface area contributed by atoms with Gasteiger partial charge >= 0.3 is 0 Å². The van der Waals surface area contributed by atoms with Crippen LogP contribution in [-0.2, 0) is 0 Å². The van der Waals surface area contributed by atoms with Gasteiger partial charge in [-0.15, -0.1) is 0 Å². The zero-order valence-electron chi connectivity index (χ0n) is 7.60. The van der Waals surface area contributed by atoms with Crippen LogP contribution in [0.3, 0.4) is 0 Å². The van der Waals surface area contributed by atoms with Crippen LogP contribution in [0.15, 0.2) is 0 Å². The lowest BCUT2D eigenvalue weighted by atomic mass is 10.3. The molecule has 1 aliphatic carbocycles. The molecule has 66 valence electrons. The molecule has 0 spiro atoms. The summed E-state index contributed by atoms with van der Waals surface area (Å²) in [5.74, 6) is 3.54. The molecule has 11 heavy (non-hydrogen) atoms. The van der Waals surface area contributed by atoms with E-state index >= 15 is 0 Å². The van der Waals surface area contributed by atoms with Gasteiger partial charge in [0.25, 0.3) is 0 Å². The molecule has 1 nitrogen and oxygen atoms in total. The molecule has 0 bridgehead atoms. The summed E-state index contributed by atoms with van der Waals surface area (Å²) in [7, 11) is 0. The monoisotopic (exact) mass is 173 g/mol. The predicted octanol–water partition coefficient (Wildman–Crippen LogP) is 2.13. The molecule has 1 rings (SSSR count). The Hall–Kier alpha value is 0.310. The fourth-order valence-electron chi connectivity index (χ4n) is 1.41. The molecule has 1 fully saturated rings. The summed E-state index contributed by atoms with van der Waals surface area (Å²) < 4.78 is 0. The highest BCUT2D eigenvalue weighted by Gasteiger charge is 2.34. The first-order chi connectivity index (χ1) is 5.38.